The molecule has 2 aliphatic rings. The summed E-state index contributed by atoms with van der Waals surface area (Å²) in [6, 6.07) is 8.26. The number of rotatable bonds is 3. The molecule has 26 heavy (non-hydrogen) atoms. The predicted octanol–water partition coefficient (Wildman–Crippen LogP) is 3.97. The number of anilines is 1. The Hall–Kier alpha value is -1.60. The molecule has 0 aliphatic carbocycles. The van der Waals surface area contributed by atoms with Gasteiger partial charge in [-0.05, 0) is 55.3 Å². The number of fused-ring (bicyclic) bond motifs is 2. The Morgan fingerprint density at radius 1 is 1.42 bits per heavy atom. The van der Waals surface area contributed by atoms with E-state index in [2.05, 4.69) is 16.7 Å². The van der Waals surface area contributed by atoms with Gasteiger partial charge in [-0.1, -0.05) is 11.6 Å². The summed E-state index contributed by atoms with van der Waals surface area (Å²) >= 11 is 7.88. The summed E-state index contributed by atoms with van der Waals surface area (Å²) in [5.41, 5.74) is 8.81. The van der Waals surface area contributed by atoms with E-state index in [0.29, 0.717) is 12.3 Å². The van der Waals surface area contributed by atoms with Crippen molar-refractivity contribution in [2.75, 3.05) is 18.5 Å². The molecule has 7 heteroatoms. The predicted molar refractivity (Wildman–Crippen MR) is 104 cm³/mol. The molecule has 4 N–H and O–H groups in total. The van der Waals surface area contributed by atoms with Crippen LogP contribution in [0.25, 0.3) is 0 Å². The minimum absolute atomic E-state index is 0.00326. The van der Waals surface area contributed by atoms with E-state index in [1.165, 1.54) is 22.6 Å². The van der Waals surface area contributed by atoms with Crippen molar-refractivity contribution in [1.82, 2.24) is 5.32 Å². The number of piperidine rings is 1. The summed E-state index contributed by atoms with van der Waals surface area (Å²) in [5, 5.41) is 6.60. The smallest absolute Gasteiger partial charge is 0.123 e. The van der Waals surface area contributed by atoms with E-state index in [1.54, 1.807) is 29.7 Å². The summed E-state index contributed by atoms with van der Waals surface area (Å²) < 4.78 is 20.1. The molecule has 138 valence electrons. The third-order valence-corrected chi connectivity index (χ3v) is 6.54. The third kappa shape index (κ3) is 3.47. The van der Waals surface area contributed by atoms with Gasteiger partial charge in [-0.15, -0.1) is 11.3 Å². The molecule has 2 aliphatic heterocycles. The van der Waals surface area contributed by atoms with Gasteiger partial charge in [0.25, 0.3) is 0 Å². The first-order valence-corrected chi connectivity index (χ1v) is 9.89. The monoisotopic (exact) mass is 393 g/mol. The molecule has 1 aromatic carbocycles. The van der Waals surface area contributed by atoms with Crippen molar-refractivity contribution in [1.29, 1.82) is 0 Å². The normalized spacial score (nSPS) is 25.9. The van der Waals surface area contributed by atoms with E-state index in [0.717, 1.165) is 35.8 Å². The fourth-order valence-electron chi connectivity index (χ4n) is 3.73. The zero-order valence-electron chi connectivity index (χ0n) is 14.2. The molecule has 1 spiro atoms. The highest BCUT2D eigenvalue weighted by atomic mass is 35.5. The van der Waals surface area contributed by atoms with Gasteiger partial charge in [-0.2, -0.15) is 0 Å². The molecule has 2 aromatic rings. The average molecular weight is 394 g/mol. The van der Waals surface area contributed by atoms with Gasteiger partial charge in [-0.25, -0.2) is 4.39 Å². The highest BCUT2D eigenvalue weighted by Crippen LogP contribution is 2.46. The first kappa shape index (κ1) is 17.8. The highest BCUT2D eigenvalue weighted by Gasteiger charge is 2.44. The minimum Gasteiger partial charge on any atom is -0.400 e. The number of benzene rings is 1. The SMILES string of the molecule is N/C(=C\Nc1ccc(F)cc1)[C@@H]1CC2(CCN1)OCCc1cc(Cl)sc12. The molecule has 1 aromatic heterocycles. The van der Waals surface area contributed by atoms with E-state index < -0.39 is 0 Å². The topological polar surface area (TPSA) is 59.3 Å². The fourth-order valence-corrected chi connectivity index (χ4v) is 5.21. The molecule has 0 radical (unpaired) electrons. The van der Waals surface area contributed by atoms with Gasteiger partial charge in [0.05, 0.1) is 17.0 Å². The summed E-state index contributed by atoms with van der Waals surface area (Å²) in [5.74, 6) is -0.261. The van der Waals surface area contributed by atoms with Crippen LogP contribution in [-0.4, -0.2) is 19.2 Å². The van der Waals surface area contributed by atoms with E-state index in [9.17, 15) is 4.39 Å². The maximum absolute atomic E-state index is 13.0. The van der Waals surface area contributed by atoms with Gasteiger partial charge in [0, 0.05) is 28.9 Å². The Labute approximate surface area is 161 Å². The summed E-state index contributed by atoms with van der Waals surface area (Å²) in [6.45, 7) is 1.54. The molecule has 0 bridgehead atoms. The zero-order chi connectivity index (χ0) is 18.1. The lowest BCUT2D eigenvalue weighted by atomic mass is 9.82. The van der Waals surface area contributed by atoms with Gasteiger partial charge < -0.3 is 21.1 Å². The maximum Gasteiger partial charge on any atom is 0.123 e. The number of ether oxygens (including phenoxy) is 1. The Balaban J connectivity index is 1.51. The van der Waals surface area contributed by atoms with E-state index >= 15 is 0 Å². The van der Waals surface area contributed by atoms with Crippen LogP contribution in [-0.2, 0) is 16.8 Å². The Bertz CT molecular complexity index is 823. The standard InChI is InChI=1S/C19H21ClFN3OS/c20-17-9-12-5-8-25-19(18(12)26-17)6-7-23-16(10-19)15(22)11-24-14-3-1-13(21)2-4-14/h1-4,9,11,16,23-24H,5-8,10,22H2/b15-11-/t16-,19?/m0/s1. The van der Waals surface area contributed by atoms with E-state index in [-0.39, 0.29) is 17.5 Å². The number of halogens is 2. The lowest BCUT2D eigenvalue weighted by Gasteiger charge is -2.43. The van der Waals surface area contributed by atoms with Crippen LogP contribution < -0.4 is 16.4 Å². The van der Waals surface area contributed by atoms with Gasteiger partial charge >= 0.3 is 0 Å². The van der Waals surface area contributed by atoms with Crippen LogP contribution in [0.4, 0.5) is 10.1 Å². The number of hydrogen-bond donors (Lipinski definition) is 3. The van der Waals surface area contributed by atoms with E-state index in [1.807, 2.05) is 0 Å². The molecule has 2 atom stereocenters. The van der Waals surface area contributed by atoms with Crippen LogP contribution in [0.5, 0.6) is 0 Å². The molecule has 1 unspecified atom stereocenters. The number of nitrogens with two attached hydrogens (primary N) is 1. The second-order valence-corrected chi connectivity index (χ2v) is 8.44. The number of nitrogens with one attached hydrogen (secondary N) is 2. The van der Waals surface area contributed by atoms with Crippen molar-refractivity contribution < 1.29 is 9.13 Å². The van der Waals surface area contributed by atoms with Crippen molar-refractivity contribution in [3.05, 3.63) is 62.8 Å². The molecule has 4 rings (SSSR count). The quantitative estimate of drug-likeness (QED) is 0.738. The Morgan fingerprint density at radius 2 is 2.23 bits per heavy atom. The molecule has 4 nitrogen and oxygen atoms in total. The second kappa shape index (κ2) is 7.19. The van der Waals surface area contributed by atoms with Crippen molar-refractivity contribution in [2.24, 2.45) is 5.73 Å². The van der Waals surface area contributed by atoms with Gasteiger partial charge in [0.1, 0.15) is 11.4 Å². The molecular formula is C19H21ClFN3OS. The van der Waals surface area contributed by atoms with Crippen LogP contribution in [0.1, 0.15) is 23.3 Å². The zero-order valence-corrected chi connectivity index (χ0v) is 15.8. The third-order valence-electron chi connectivity index (χ3n) is 5.05. The molecular weight excluding hydrogens is 373 g/mol. The molecule has 1 fully saturated rings. The first-order chi connectivity index (χ1) is 12.6. The number of hydrogen-bond acceptors (Lipinski definition) is 5. The van der Waals surface area contributed by atoms with Crippen molar-refractivity contribution >= 4 is 28.6 Å². The van der Waals surface area contributed by atoms with Crippen LogP contribution in [0.3, 0.4) is 0 Å². The molecule has 0 amide bonds. The lowest BCUT2D eigenvalue weighted by molar-refractivity contribution is -0.0836. The molecule has 1 saturated heterocycles. The van der Waals surface area contributed by atoms with Crippen molar-refractivity contribution in [3.8, 4) is 0 Å². The van der Waals surface area contributed by atoms with Crippen LogP contribution in [0, 0.1) is 5.82 Å². The fraction of sp³-hybridized carbons (Fsp3) is 0.368. The second-order valence-electron chi connectivity index (χ2n) is 6.75. The Morgan fingerprint density at radius 3 is 3.04 bits per heavy atom. The van der Waals surface area contributed by atoms with Crippen molar-refractivity contribution in [3.63, 3.8) is 0 Å². The van der Waals surface area contributed by atoms with Crippen LogP contribution in [0.15, 0.2) is 42.2 Å². The van der Waals surface area contributed by atoms with Gasteiger partial charge in [-0.3, -0.25) is 0 Å². The van der Waals surface area contributed by atoms with Crippen LogP contribution >= 0.6 is 22.9 Å². The summed E-state index contributed by atoms with van der Waals surface area (Å²) in [4.78, 5) is 1.25. The van der Waals surface area contributed by atoms with Crippen LogP contribution in [0.2, 0.25) is 4.34 Å². The molecule has 0 saturated carbocycles. The molecule has 3 heterocycles. The summed E-state index contributed by atoms with van der Waals surface area (Å²) in [7, 11) is 0. The minimum atomic E-state index is -0.310. The average Bonchev–Trinajstić information content (AvgIpc) is 3.03. The van der Waals surface area contributed by atoms with E-state index in [4.69, 9.17) is 22.1 Å². The largest absolute Gasteiger partial charge is 0.400 e. The van der Waals surface area contributed by atoms with Gasteiger partial charge in [0.2, 0.25) is 0 Å². The number of thiophene rings is 1. The maximum atomic E-state index is 13.0. The van der Waals surface area contributed by atoms with Gasteiger partial charge in [0.15, 0.2) is 0 Å². The lowest BCUT2D eigenvalue weighted by Crippen LogP contribution is -2.51. The highest BCUT2D eigenvalue weighted by molar-refractivity contribution is 7.16. The summed E-state index contributed by atoms with van der Waals surface area (Å²) in [6.07, 6.45) is 4.36. The Kier molecular flexibility index (Phi) is 4.92. The first-order valence-electron chi connectivity index (χ1n) is 8.69. The van der Waals surface area contributed by atoms with Crippen molar-refractivity contribution in [2.45, 2.75) is 30.9 Å².